The fourth-order valence-corrected chi connectivity index (χ4v) is 0.455. The third kappa shape index (κ3) is 3.08. The zero-order valence-corrected chi connectivity index (χ0v) is 5.98. The Hall–Kier alpha value is -0.570. The molecule has 3 N–H and O–H groups in total. The van der Waals surface area contributed by atoms with Gasteiger partial charge in [0.2, 0.25) is 5.91 Å². The molecular formula is C6H14N2O. The Kier molecular flexibility index (Phi) is 4.05. The molecule has 0 aliphatic rings. The maximum atomic E-state index is 10.8. The molecule has 0 aliphatic carbocycles. The highest BCUT2D eigenvalue weighted by molar-refractivity contribution is 5.78. The number of carbonyl (C=O) groups excluding carboxylic acids is 1. The average molecular weight is 130 g/mol. The first-order chi connectivity index (χ1) is 4.22. The van der Waals surface area contributed by atoms with Gasteiger partial charge < -0.3 is 11.1 Å². The van der Waals surface area contributed by atoms with Gasteiger partial charge in [0.15, 0.2) is 0 Å². The monoisotopic (exact) mass is 130 g/mol. The van der Waals surface area contributed by atoms with Gasteiger partial charge in [0.1, 0.15) is 0 Å². The fourth-order valence-electron chi connectivity index (χ4n) is 0.455. The molecule has 54 valence electrons. The third-order valence-electron chi connectivity index (χ3n) is 1.15. The number of nitrogens with two attached hydrogens (primary N) is 1. The third-order valence-corrected chi connectivity index (χ3v) is 1.15. The molecule has 0 aliphatic heterocycles. The van der Waals surface area contributed by atoms with Crippen molar-refractivity contribution in [3.8, 4) is 0 Å². The number of hydrogen-bond donors (Lipinski definition) is 2. The second-order valence-electron chi connectivity index (χ2n) is 2.03. The van der Waals surface area contributed by atoms with Gasteiger partial charge in [-0.15, -0.1) is 0 Å². The lowest BCUT2D eigenvalue weighted by Gasteiger charge is -2.06. The van der Waals surface area contributed by atoms with Crippen LogP contribution in [0.1, 0.15) is 13.8 Å². The van der Waals surface area contributed by atoms with Crippen molar-refractivity contribution in [2.75, 3.05) is 13.1 Å². The van der Waals surface area contributed by atoms with Crippen molar-refractivity contribution in [3.63, 3.8) is 0 Å². The molecule has 0 bridgehead atoms. The Morgan fingerprint density at radius 2 is 2.33 bits per heavy atom. The van der Waals surface area contributed by atoms with Crippen molar-refractivity contribution in [3.05, 3.63) is 0 Å². The van der Waals surface area contributed by atoms with Crippen LogP contribution in [-0.2, 0) is 4.79 Å². The van der Waals surface area contributed by atoms with Crippen LogP contribution in [0, 0.1) is 5.92 Å². The number of rotatable bonds is 3. The number of carbonyl (C=O) groups is 1. The van der Waals surface area contributed by atoms with Gasteiger partial charge in [-0.25, -0.2) is 0 Å². The Bertz CT molecular complexity index is 93.1. The summed E-state index contributed by atoms with van der Waals surface area (Å²) in [5, 5.41) is 2.68. The number of amides is 1. The van der Waals surface area contributed by atoms with Gasteiger partial charge in [-0.2, -0.15) is 0 Å². The first-order valence-electron chi connectivity index (χ1n) is 3.20. The van der Waals surface area contributed by atoms with Crippen molar-refractivity contribution >= 4 is 5.91 Å². The zero-order chi connectivity index (χ0) is 7.28. The van der Waals surface area contributed by atoms with Crippen LogP contribution in [-0.4, -0.2) is 19.0 Å². The summed E-state index contributed by atoms with van der Waals surface area (Å²) < 4.78 is 0. The van der Waals surface area contributed by atoms with Gasteiger partial charge in [0.05, 0.1) is 0 Å². The van der Waals surface area contributed by atoms with Crippen molar-refractivity contribution in [2.24, 2.45) is 11.7 Å². The van der Waals surface area contributed by atoms with E-state index in [2.05, 4.69) is 5.32 Å². The van der Waals surface area contributed by atoms with Crippen molar-refractivity contribution in [1.29, 1.82) is 0 Å². The number of nitrogens with one attached hydrogen (secondary N) is 1. The molecule has 3 heteroatoms. The number of hydrogen-bond acceptors (Lipinski definition) is 2. The van der Waals surface area contributed by atoms with Crippen LogP contribution in [0.2, 0.25) is 0 Å². The van der Waals surface area contributed by atoms with E-state index in [1.54, 1.807) is 0 Å². The van der Waals surface area contributed by atoms with E-state index in [9.17, 15) is 4.79 Å². The van der Waals surface area contributed by atoms with Crippen LogP contribution in [0.25, 0.3) is 0 Å². The van der Waals surface area contributed by atoms with E-state index in [-0.39, 0.29) is 11.8 Å². The molecule has 3 nitrogen and oxygen atoms in total. The Morgan fingerprint density at radius 3 is 2.67 bits per heavy atom. The average Bonchev–Trinajstić information content (AvgIpc) is 1.87. The minimum Gasteiger partial charge on any atom is -0.356 e. The van der Waals surface area contributed by atoms with Crippen molar-refractivity contribution in [1.82, 2.24) is 5.32 Å². The fraction of sp³-hybridized carbons (Fsp3) is 0.833. The van der Waals surface area contributed by atoms with E-state index in [1.807, 2.05) is 13.8 Å². The van der Waals surface area contributed by atoms with E-state index in [0.717, 1.165) is 0 Å². The van der Waals surface area contributed by atoms with Crippen LogP contribution in [0.15, 0.2) is 0 Å². The van der Waals surface area contributed by atoms with Gasteiger partial charge in [-0.1, -0.05) is 6.92 Å². The molecular weight excluding hydrogens is 116 g/mol. The summed E-state index contributed by atoms with van der Waals surface area (Å²) in [5.74, 6) is -0.00931. The highest BCUT2D eigenvalue weighted by Gasteiger charge is 2.07. The standard InChI is InChI=1S/C6H14N2O/c1-3-8-6(9)5(2)4-7/h5H,3-4,7H2,1-2H3,(H,8,9). The van der Waals surface area contributed by atoms with Crippen LogP contribution >= 0.6 is 0 Å². The molecule has 0 saturated carbocycles. The molecule has 1 unspecified atom stereocenters. The van der Waals surface area contributed by atoms with Gasteiger partial charge >= 0.3 is 0 Å². The highest BCUT2D eigenvalue weighted by Crippen LogP contribution is 1.88. The molecule has 9 heavy (non-hydrogen) atoms. The second-order valence-corrected chi connectivity index (χ2v) is 2.03. The quantitative estimate of drug-likeness (QED) is 0.552. The first kappa shape index (κ1) is 8.43. The predicted octanol–water partition coefficient (Wildman–Crippen LogP) is -0.283. The molecule has 0 radical (unpaired) electrons. The first-order valence-corrected chi connectivity index (χ1v) is 3.20. The summed E-state index contributed by atoms with van der Waals surface area (Å²) in [6.07, 6.45) is 0. The summed E-state index contributed by atoms with van der Waals surface area (Å²) in [6, 6.07) is 0. The summed E-state index contributed by atoms with van der Waals surface area (Å²) >= 11 is 0. The van der Waals surface area contributed by atoms with E-state index < -0.39 is 0 Å². The minimum atomic E-state index is -0.0510. The Balaban J connectivity index is 3.46. The van der Waals surface area contributed by atoms with E-state index >= 15 is 0 Å². The van der Waals surface area contributed by atoms with E-state index in [4.69, 9.17) is 5.73 Å². The van der Waals surface area contributed by atoms with E-state index in [0.29, 0.717) is 13.1 Å². The predicted molar refractivity (Wildman–Crippen MR) is 36.9 cm³/mol. The van der Waals surface area contributed by atoms with Crippen LogP contribution in [0.3, 0.4) is 0 Å². The normalized spacial score (nSPS) is 12.8. The van der Waals surface area contributed by atoms with Gasteiger partial charge in [-0.3, -0.25) is 4.79 Å². The van der Waals surface area contributed by atoms with Crippen LogP contribution in [0.4, 0.5) is 0 Å². The van der Waals surface area contributed by atoms with Crippen LogP contribution < -0.4 is 11.1 Å². The molecule has 0 spiro atoms. The molecule has 0 rings (SSSR count). The maximum Gasteiger partial charge on any atom is 0.224 e. The topological polar surface area (TPSA) is 55.1 Å². The van der Waals surface area contributed by atoms with Crippen molar-refractivity contribution in [2.45, 2.75) is 13.8 Å². The zero-order valence-electron chi connectivity index (χ0n) is 5.98. The summed E-state index contributed by atoms with van der Waals surface area (Å²) in [7, 11) is 0. The van der Waals surface area contributed by atoms with Crippen LogP contribution in [0.5, 0.6) is 0 Å². The molecule has 0 saturated heterocycles. The SMILES string of the molecule is CCNC(=O)C(C)CN. The van der Waals surface area contributed by atoms with Gasteiger partial charge in [0.25, 0.3) is 0 Å². The van der Waals surface area contributed by atoms with Gasteiger partial charge in [0, 0.05) is 19.0 Å². The second kappa shape index (κ2) is 4.32. The highest BCUT2D eigenvalue weighted by atomic mass is 16.1. The summed E-state index contributed by atoms with van der Waals surface area (Å²) in [4.78, 5) is 10.8. The summed E-state index contributed by atoms with van der Waals surface area (Å²) in [6.45, 7) is 4.81. The molecule has 0 fully saturated rings. The smallest absolute Gasteiger partial charge is 0.224 e. The Labute approximate surface area is 55.6 Å². The maximum absolute atomic E-state index is 10.8. The largest absolute Gasteiger partial charge is 0.356 e. The molecule has 1 amide bonds. The molecule has 0 aromatic carbocycles. The van der Waals surface area contributed by atoms with Crippen molar-refractivity contribution < 1.29 is 4.79 Å². The van der Waals surface area contributed by atoms with E-state index in [1.165, 1.54) is 0 Å². The Morgan fingerprint density at radius 1 is 1.78 bits per heavy atom. The van der Waals surface area contributed by atoms with Gasteiger partial charge in [-0.05, 0) is 6.92 Å². The molecule has 0 heterocycles. The minimum absolute atomic E-state index is 0.0417. The lowest BCUT2D eigenvalue weighted by Crippen LogP contribution is -2.32. The lowest BCUT2D eigenvalue weighted by molar-refractivity contribution is -0.124. The molecule has 0 aromatic heterocycles. The summed E-state index contributed by atoms with van der Waals surface area (Å²) in [5.41, 5.74) is 5.24. The molecule has 1 atom stereocenters. The molecule has 0 aromatic rings. The lowest BCUT2D eigenvalue weighted by atomic mass is 10.2.